The van der Waals surface area contributed by atoms with Crippen LogP contribution in [-0.2, 0) is 14.4 Å². The molecule has 1 saturated carbocycles. The van der Waals surface area contributed by atoms with Crippen molar-refractivity contribution in [3.05, 3.63) is 59.7 Å². The van der Waals surface area contributed by atoms with Gasteiger partial charge in [-0.15, -0.1) is 0 Å². The first-order chi connectivity index (χ1) is 18.4. The summed E-state index contributed by atoms with van der Waals surface area (Å²) in [4.78, 5) is 50.5. The molecule has 1 aliphatic carbocycles. The van der Waals surface area contributed by atoms with Crippen LogP contribution in [0.3, 0.4) is 0 Å². The lowest BCUT2D eigenvalue weighted by atomic mass is 9.95. The van der Waals surface area contributed by atoms with Crippen LogP contribution >= 0.6 is 11.8 Å². The predicted molar refractivity (Wildman–Crippen MR) is 152 cm³/mol. The highest BCUT2D eigenvalue weighted by molar-refractivity contribution is 8.15. The molecule has 2 N–H and O–H groups in total. The van der Waals surface area contributed by atoms with E-state index in [0.717, 1.165) is 42.5 Å². The van der Waals surface area contributed by atoms with Gasteiger partial charge in [0, 0.05) is 17.3 Å². The number of rotatable bonds is 7. The summed E-state index contributed by atoms with van der Waals surface area (Å²) < 4.78 is 0. The number of amidine groups is 2. The van der Waals surface area contributed by atoms with Crippen LogP contribution in [-0.4, -0.2) is 51.0 Å². The standard InChI is InChI=1S/C29H33N5O3S/c1-3-24(27(36)31-20-13-9-10-18(2)16-20)38-29-33-22-15-8-7-14-21(22)26-32-23(28(37)34(26)29)17-25(35)30-19-11-5-4-6-12-19/h7-10,13-16,19,23-24H,3-6,11-12,17H2,1-2H3,(H,30,35)(H,31,36)/t23-,24+/m0/s1. The van der Waals surface area contributed by atoms with Crippen LogP contribution in [0.25, 0.3) is 0 Å². The molecule has 8 nitrogen and oxygen atoms in total. The molecule has 1 fully saturated rings. The molecule has 3 amide bonds. The summed E-state index contributed by atoms with van der Waals surface area (Å²) in [5.74, 6) is -0.0953. The molecule has 0 aromatic heterocycles. The molecular weight excluding hydrogens is 498 g/mol. The van der Waals surface area contributed by atoms with E-state index in [1.165, 1.54) is 23.1 Å². The first kappa shape index (κ1) is 26.2. The molecule has 5 rings (SSSR count). The Bertz CT molecular complexity index is 1300. The number of nitrogens with one attached hydrogen (secondary N) is 2. The van der Waals surface area contributed by atoms with Crippen molar-refractivity contribution in [3.8, 4) is 0 Å². The molecule has 0 bridgehead atoms. The molecule has 0 radical (unpaired) electrons. The van der Waals surface area contributed by atoms with Gasteiger partial charge in [-0.2, -0.15) is 0 Å². The van der Waals surface area contributed by atoms with Crippen molar-refractivity contribution >= 4 is 51.9 Å². The minimum absolute atomic E-state index is 0.000494. The van der Waals surface area contributed by atoms with Gasteiger partial charge < -0.3 is 10.6 Å². The number of carbonyl (C=O) groups is 3. The molecule has 2 atom stereocenters. The average Bonchev–Trinajstić information content (AvgIpc) is 3.23. The van der Waals surface area contributed by atoms with E-state index in [1.54, 1.807) is 0 Å². The predicted octanol–water partition coefficient (Wildman–Crippen LogP) is 4.94. The Morgan fingerprint density at radius 1 is 1.11 bits per heavy atom. The number of carbonyl (C=O) groups excluding carboxylic acids is 3. The summed E-state index contributed by atoms with van der Waals surface area (Å²) >= 11 is 1.25. The van der Waals surface area contributed by atoms with Crippen molar-refractivity contribution in [1.29, 1.82) is 0 Å². The minimum Gasteiger partial charge on any atom is -0.353 e. The quantitative estimate of drug-likeness (QED) is 0.528. The van der Waals surface area contributed by atoms with E-state index < -0.39 is 11.3 Å². The molecule has 9 heteroatoms. The Morgan fingerprint density at radius 3 is 2.66 bits per heavy atom. The molecule has 38 heavy (non-hydrogen) atoms. The maximum atomic E-state index is 13.6. The third-order valence-corrected chi connectivity index (χ3v) is 8.41. The average molecular weight is 532 g/mol. The van der Waals surface area contributed by atoms with Gasteiger partial charge in [-0.05, 0) is 56.0 Å². The Balaban J connectivity index is 1.35. The number of nitrogens with zero attached hydrogens (tertiary/aromatic N) is 3. The normalized spacial score (nSPS) is 19.7. The number of amides is 3. The topological polar surface area (TPSA) is 103 Å². The molecule has 2 heterocycles. The van der Waals surface area contributed by atoms with Crippen LogP contribution in [0.4, 0.5) is 11.4 Å². The van der Waals surface area contributed by atoms with Gasteiger partial charge in [0.15, 0.2) is 5.17 Å². The zero-order valence-electron chi connectivity index (χ0n) is 21.8. The number of fused-ring (bicyclic) bond motifs is 3. The van der Waals surface area contributed by atoms with Gasteiger partial charge >= 0.3 is 0 Å². The lowest BCUT2D eigenvalue weighted by molar-refractivity contribution is -0.129. The van der Waals surface area contributed by atoms with Crippen molar-refractivity contribution in [1.82, 2.24) is 10.2 Å². The largest absolute Gasteiger partial charge is 0.353 e. The Kier molecular flexibility index (Phi) is 7.93. The molecule has 0 saturated heterocycles. The van der Waals surface area contributed by atoms with E-state index in [0.29, 0.717) is 23.1 Å². The molecule has 0 unspecified atom stereocenters. The summed E-state index contributed by atoms with van der Waals surface area (Å²) in [6.45, 7) is 3.91. The van der Waals surface area contributed by atoms with Gasteiger partial charge in [-0.1, -0.05) is 62.2 Å². The second kappa shape index (κ2) is 11.5. The fourth-order valence-electron chi connectivity index (χ4n) is 5.12. The highest BCUT2D eigenvalue weighted by Crippen LogP contribution is 2.36. The molecular formula is C29H33N5O3S. The van der Waals surface area contributed by atoms with Crippen LogP contribution in [0.1, 0.15) is 63.0 Å². The number of aryl methyl sites for hydroxylation is 1. The third-order valence-electron chi connectivity index (χ3n) is 7.09. The van der Waals surface area contributed by atoms with Gasteiger partial charge in [0.2, 0.25) is 11.8 Å². The smallest absolute Gasteiger partial charge is 0.259 e. The van der Waals surface area contributed by atoms with Crippen molar-refractivity contribution < 1.29 is 14.4 Å². The summed E-state index contributed by atoms with van der Waals surface area (Å²) in [5.41, 5.74) is 3.23. The van der Waals surface area contributed by atoms with Gasteiger partial charge in [0.05, 0.1) is 17.4 Å². The van der Waals surface area contributed by atoms with Crippen LogP contribution in [0.2, 0.25) is 0 Å². The van der Waals surface area contributed by atoms with Crippen LogP contribution < -0.4 is 10.6 Å². The van der Waals surface area contributed by atoms with E-state index in [-0.39, 0.29) is 30.2 Å². The second-order valence-corrected chi connectivity index (χ2v) is 11.2. The number of para-hydroxylation sites is 1. The van der Waals surface area contributed by atoms with E-state index in [1.807, 2.05) is 62.4 Å². The lowest BCUT2D eigenvalue weighted by Crippen LogP contribution is -2.44. The monoisotopic (exact) mass is 531 g/mol. The fraction of sp³-hybridized carbons (Fsp3) is 0.414. The highest BCUT2D eigenvalue weighted by atomic mass is 32.2. The van der Waals surface area contributed by atoms with Crippen molar-refractivity contribution in [3.63, 3.8) is 0 Å². The number of hydrogen-bond acceptors (Lipinski definition) is 6. The van der Waals surface area contributed by atoms with Crippen molar-refractivity contribution in [2.24, 2.45) is 9.98 Å². The number of hydrogen-bond donors (Lipinski definition) is 2. The summed E-state index contributed by atoms with van der Waals surface area (Å²) in [7, 11) is 0. The second-order valence-electron chi connectivity index (χ2n) is 10.0. The Hall–Kier alpha value is -3.46. The van der Waals surface area contributed by atoms with Crippen LogP contribution in [0.15, 0.2) is 58.5 Å². The Morgan fingerprint density at radius 2 is 1.89 bits per heavy atom. The summed E-state index contributed by atoms with van der Waals surface area (Å²) in [6, 6.07) is 14.5. The number of anilines is 1. The van der Waals surface area contributed by atoms with E-state index in [2.05, 4.69) is 10.6 Å². The molecule has 0 spiro atoms. The van der Waals surface area contributed by atoms with Crippen LogP contribution in [0, 0.1) is 6.92 Å². The van der Waals surface area contributed by atoms with Gasteiger partial charge in [0.25, 0.3) is 5.91 Å². The van der Waals surface area contributed by atoms with Crippen LogP contribution in [0.5, 0.6) is 0 Å². The van der Waals surface area contributed by atoms with Crippen molar-refractivity contribution in [2.45, 2.75) is 76.1 Å². The fourth-order valence-corrected chi connectivity index (χ4v) is 6.14. The third kappa shape index (κ3) is 5.67. The maximum Gasteiger partial charge on any atom is 0.259 e. The SMILES string of the molecule is CC[C@@H](SC1=Nc2ccccc2C2=N[C@@H](CC(=O)NC3CCCCC3)C(=O)N12)C(=O)Nc1cccc(C)c1. The zero-order chi connectivity index (χ0) is 26.6. The van der Waals surface area contributed by atoms with E-state index in [9.17, 15) is 14.4 Å². The highest BCUT2D eigenvalue weighted by Gasteiger charge is 2.43. The first-order valence-electron chi connectivity index (χ1n) is 13.4. The molecule has 2 aromatic carbocycles. The zero-order valence-corrected chi connectivity index (χ0v) is 22.6. The minimum atomic E-state index is -0.813. The van der Waals surface area contributed by atoms with Gasteiger partial charge in [0.1, 0.15) is 11.9 Å². The van der Waals surface area contributed by atoms with Gasteiger partial charge in [-0.25, -0.2) is 9.89 Å². The molecule has 198 valence electrons. The van der Waals surface area contributed by atoms with E-state index >= 15 is 0 Å². The maximum absolute atomic E-state index is 13.6. The number of benzene rings is 2. The number of thioether (sulfide) groups is 1. The van der Waals surface area contributed by atoms with E-state index in [4.69, 9.17) is 9.98 Å². The lowest BCUT2D eigenvalue weighted by Gasteiger charge is -2.27. The summed E-state index contributed by atoms with van der Waals surface area (Å²) in [6.07, 6.45) is 5.95. The first-order valence-corrected chi connectivity index (χ1v) is 14.2. The summed E-state index contributed by atoms with van der Waals surface area (Å²) in [5, 5.41) is 6.02. The van der Waals surface area contributed by atoms with Gasteiger partial charge in [-0.3, -0.25) is 19.4 Å². The molecule has 2 aliphatic heterocycles. The molecule has 2 aromatic rings. The number of aliphatic imine (C=N–C) groups is 2. The Labute approximate surface area is 227 Å². The molecule has 3 aliphatic rings. The van der Waals surface area contributed by atoms with Crippen molar-refractivity contribution in [2.75, 3.05) is 5.32 Å².